The second-order valence-electron chi connectivity index (χ2n) is 10.0. The molecular weight excluding hydrogens is 460 g/mol. The molecule has 1 N–H and O–H groups in total. The van der Waals surface area contributed by atoms with Crippen LogP contribution in [0.1, 0.15) is 101 Å². The Hall–Kier alpha value is -3.03. The summed E-state index contributed by atoms with van der Waals surface area (Å²) >= 11 is 0. The summed E-state index contributed by atoms with van der Waals surface area (Å²) in [5, 5.41) is 9.10. The van der Waals surface area contributed by atoms with E-state index in [1.807, 2.05) is 24.3 Å². The van der Waals surface area contributed by atoms with E-state index in [-0.39, 0.29) is 17.9 Å². The first-order chi connectivity index (χ1) is 18.0. The number of carboxylic acid groups (broad SMARTS) is 1. The van der Waals surface area contributed by atoms with E-state index in [0.29, 0.717) is 6.61 Å². The molecule has 4 heteroatoms. The van der Waals surface area contributed by atoms with E-state index in [9.17, 15) is 4.79 Å². The van der Waals surface area contributed by atoms with Crippen molar-refractivity contribution in [3.63, 3.8) is 0 Å². The highest BCUT2D eigenvalue weighted by Gasteiger charge is 2.36. The van der Waals surface area contributed by atoms with Crippen LogP contribution in [0.15, 0.2) is 54.6 Å². The molecule has 1 fully saturated rings. The van der Waals surface area contributed by atoms with Crippen molar-refractivity contribution in [1.82, 2.24) is 0 Å². The average molecular weight is 503 g/mol. The number of hydrogen-bond donors (Lipinski definition) is 1. The minimum atomic E-state index is -0.850. The fourth-order valence-electron chi connectivity index (χ4n) is 5.03. The van der Waals surface area contributed by atoms with E-state index in [1.165, 1.54) is 43.2 Å². The minimum absolute atomic E-state index is 0.00304. The molecule has 2 unspecified atom stereocenters. The first-order valence-electron chi connectivity index (χ1n) is 13.8. The van der Waals surface area contributed by atoms with Crippen LogP contribution in [0.4, 0.5) is 0 Å². The van der Waals surface area contributed by atoms with Crippen molar-refractivity contribution in [3.8, 4) is 17.6 Å². The van der Waals surface area contributed by atoms with Crippen molar-refractivity contribution in [2.75, 3.05) is 6.61 Å². The Morgan fingerprint density at radius 3 is 2.49 bits per heavy atom. The molecular formula is C33H42O4. The summed E-state index contributed by atoms with van der Waals surface area (Å²) < 4.78 is 12.0. The van der Waals surface area contributed by atoms with E-state index in [0.717, 1.165) is 42.7 Å². The lowest BCUT2D eigenvalue weighted by molar-refractivity contribution is -0.137. The van der Waals surface area contributed by atoms with Crippen molar-refractivity contribution in [1.29, 1.82) is 0 Å². The molecule has 2 aliphatic rings. The second kappa shape index (κ2) is 14.6. The van der Waals surface area contributed by atoms with Gasteiger partial charge in [-0.3, -0.25) is 4.79 Å². The molecule has 1 aliphatic carbocycles. The Bertz CT molecular complexity index is 1080. The van der Waals surface area contributed by atoms with Gasteiger partial charge in [0.25, 0.3) is 0 Å². The number of carboxylic acids is 1. The molecule has 0 amide bonds. The zero-order valence-corrected chi connectivity index (χ0v) is 22.7. The first kappa shape index (κ1) is 28.5. The number of ether oxygens (including phenoxy) is 2. The number of benzene rings is 2. The third-order valence-corrected chi connectivity index (χ3v) is 7.15. The summed E-state index contributed by atoms with van der Waals surface area (Å²) in [5.74, 6) is 5.40. The third-order valence-electron chi connectivity index (χ3n) is 7.15. The van der Waals surface area contributed by atoms with Gasteiger partial charge in [-0.25, -0.2) is 0 Å². The van der Waals surface area contributed by atoms with Gasteiger partial charge in [0.15, 0.2) is 0 Å². The average Bonchev–Trinajstić information content (AvgIpc) is 3.36. The highest BCUT2D eigenvalue weighted by Crippen LogP contribution is 2.41. The zero-order chi connectivity index (χ0) is 26.5. The number of hydrogen-bond acceptors (Lipinski definition) is 3. The van der Waals surface area contributed by atoms with E-state index < -0.39 is 5.97 Å². The quantitative estimate of drug-likeness (QED) is 0.351. The number of rotatable bonds is 9. The predicted molar refractivity (Wildman–Crippen MR) is 151 cm³/mol. The highest BCUT2D eigenvalue weighted by molar-refractivity contribution is 5.69. The van der Waals surface area contributed by atoms with Crippen molar-refractivity contribution in [2.45, 2.75) is 96.7 Å². The topological polar surface area (TPSA) is 55.8 Å². The van der Waals surface area contributed by atoms with Crippen LogP contribution in [0.5, 0.6) is 5.75 Å². The maximum atomic E-state index is 11.1. The van der Waals surface area contributed by atoms with Crippen molar-refractivity contribution in [3.05, 3.63) is 71.3 Å². The van der Waals surface area contributed by atoms with Gasteiger partial charge in [0.05, 0.1) is 17.9 Å². The lowest BCUT2D eigenvalue weighted by atomic mass is 9.81. The summed E-state index contributed by atoms with van der Waals surface area (Å²) in [6.45, 7) is 7.54. The van der Waals surface area contributed by atoms with Crippen LogP contribution in [-0.4, -0.2) is 23.3 Å². The van der Waals surface area contributed by atoms with E-state index in [1.54, 1.807) is 6.92 Å². The summed E-state index contributed by atoms with van der Waals surface area (Å²) in [4.78, 5) is 11.1. The number of carbonyl (C=O) groups is 1. The molecule has 4 rings (SSSR count). The molecule has 1 saturated heterocycles. The normalized spacial score (nSPS) is 19.2. The highest BCUT2D eigenvalue weighted by atomic mass is 16.5. The van der Waals surface area contributed by atoms with Crippen molar-refractivity contribution in [2.24, 2.45) is 0 Å². The molecule has 4 nitrogen and oxygen atoms in total. The molecule has 0 bridgehead atoms. The number of allylic oxidation sites excluding steroid dienone is 1. The number of aliphatic carboxylic acids is 1. The predicted octanol–water partition coefficient (Wildman–Crippen LogP) is 8.16. The van der Waals surface area contributed by atoms with Gasteiger partial charge in [0, 0.05) is 6.61 Å². The Kier molecular flexibility index (Phi) is 11.3. The van der Waals surface area contributed by atoms with Crippen LogP contribution in [-0.2, 0) is 16.1 Å². The molecule has 1 spiro atoms. The second-order valence-corrected chi connectivity index (χ2v) is 10.0. The molecule has 0 aromatic heterocycles. The largest absolute Gasteiger partial charge is 0.489 e. The van der Waals surface area contributed by atoms with Gasteiger partial charge in [0.2, 0.25) is 0 Å². The van der Waals surface area contributed by atoms with E-state index in [2.05, 4.69) is 56.0 Å². The van der Waals surface area contributed by atoms with Crippen LogP contribution in [0.25, 0.3) is 5.57 Å². The molecule has 0 radical (unpaired) electrons. The fourth-order valence-corrected chi connectivity index (χ4v) is 5.03. The minimum Gasteiger partial charge on any atom is -0.489 e. The summed E-state index contributed by atoms with van der Waals surface area (Å²) in [5.41, 5.74) is 4.79. The van der Waals surface area contributed by atoms with Gasteiger partial charge in [0.1, 0.15) is 12.4 Å². The summed E-state index contributed by atoms with van der Waals surface area (Å²) in [6, 6.07) is 16.1. The van der Waals surface area contributed by atoms with E-state index in [4.69, 9.17) is 14.6 Å². The molecule has 2 aromatic rings. The van der Waals surface area contributed by atoms with Crippen LogP contribution in [0.3, 0.4) is 0 Å². The third kappa shape index (κ3) is 8.79. The zero-order valence-electron chi connectivity index (χ0n) is 22.7. The number of unbranched alkanes of at least 4 members (excludes halogenated alkanes) is 2. The van der Waals surface area contributed by atoms with Crippen LogP contribution in [0.2, 0.25) is 0 Å². The lowest BCUT2D eigenvalue weighted by Crippen LogP contribution is -2.29. The Labute approximate surface area is 223 Å². The molecule has 2 atom stereocenters. The molecule has 2 aromatic carbocycles. The van der Waals surface area contributed by atoms with Crippen LogP contribution in [0, 0.1) is 11.8 Å². The summed E-state index contributed by atoms with van der Waals surface area (Å²) in [7, 11) is 0. The van der Waals surface area contributed by atoms with Crippen LogP contribution >= 0.6 is 0 Å². The molecule has 198 valence electrons. The van der Waals surface area contributed by atoms with Gasteiger partial charge in [-0.05, 0) is 79.5 Å². The summed E-state index contributed by atoms with van der Waals surface area (Å²) in [6.07, 6.45) is 12.0. The molecule has 1 heterocycles. The smallest absolute Gasteiger partial charge is 0.304 e. The maximum Gasteiger partial charge on any atom is 0.304 e. The van der Waals surface area contributed by atoms with Gasteiger partial charge in [-0.1, -0.05) is 75.4 Å². The van der Waals surface area contributed by atoms with Gasteiger partial charge < -0.3 is 14.6 Å². The molecule has 1 aliphatic heterocycles. The van der Waals surface area contributed by atoms with Crippen molar-refractivity contribution < 1.29 is 19.4 Å². The van der Waals surface area contributed by atoms with Gasteiger partial charge >= 0.3 is 5.97 Å². The SMILES string of the molecule is CC#CC(CC(=O)O)c1ccc(OCc2cccc(C3=CCC4(CCCO4)CC3)c2)cc1.CCCCC. The van der Waals surface area contributed by atoms with Gasteiger partial charge in [-0.2, -0.15) is 0 Å². The Morgan fingerprint density at radius 1 is 1.14 bits per heavy atom. The lowest BCUT2D eigenvalue weighted by Gasteiger charge is -2.32. The Balaban J connectivity index is 0.000000695. The van der Waals surface area contributed by atoms with E-state index >= 15 is 0 Å². The first-order valence-corrected chi connectivity index (χ1v) is 13.8. The maximum absolute atomic E-state index is 11.1. The monoisotopic (exact) mass is 502 g/mol. The van der Waals surface area contributed by atoms with Gasteiger partial charge in [-0.15, -0.1) is 5.92 Å². The fraction of sp³-hybridized carbons (Fsp3) is 0.485. The Morgan fingerprint density at radius 2 is 1.92 bits per heavy atom. The van der Waals surface area contributed by atoms with Crippen LogP contribution < -0.4 is 4.74 Å². The molecule has 0 saturated carbocycles. The molecule has 37 heavy (non-hydrogen) atoms. The standard InChI is InChI=1S/C28H30O4.C5H12/c1-2-5-24(19-27(29)30)22-8-10-26(11-9-22)31-20-21-6-3-7-25(18-21)23-12-15-28(16-13-23)14-4-17-32-28;1-3-5-4-2/h3,6-12,18,24H,4,13-17,19-20H2,1H3,(H,29,30);3-5H2,1-2H3. The van der Waals surface area contributed by atoms with Crippen molar-refractivity contribution >= 4 is 11.5 Å².